The van der Waals surface area contributed by atoms with Gasteiger partial charge in [-0.15, -0.1) is 10.2 Å². The van der Waals surface area contributed by atoms with Crippen LogP contribution in [-0.4, -0.2) is 92.6 Å². The van der Waals surface area contributed by atoms with Crippen LogP contribution in [0, 0.1) is 0 Å². The summed E-state index contributed by atoms with van der Waals surface area (Å²) in [5.41, 5.74) is 0.520. The maximum Gasteiger partial charge on any atom is 0.361 e. The van der Waals surface area contributed by atoms with E-state index in [1.807, 2.05) is 0 Å². The number of fused-ring (bicyclic) bond motifs is 1. The van der Waals surface area contributed by atoms with Crippen LogP contribution in [0.1, 0.15) is 50.6 Å². The summed E-state index contributed by atoms with van der Waals surface area (Å²) >= 11 is 6.22. The molecule has 1 unspecified atom stereocenters. The third kappa shape index (κ3) is 5.82. The van der Waals surface area contributed by atoms with Crippen molar-refractivity contribution < 1.29 is 33.7 Å². The Morgan fingerprint density at radius 3 is 2.79 bits per heavy atom. The van der Waals surface area contributed by atoms with Gasteiger partial charge < -0.3 is 34.4 Å². The second-order valence-electron chi connectivity index (χ2n) is 9.36. The number of halogens is 1. The molecule has 208 valence electrons. The average Bonchev–Trinajstić information content (AvgIpc) is 3.68. The minimum absolute atomic E-state index is 0.0906. The summed E-state index contributed by atoms with van der Waals surface area (Å²) in [6.45, 7) is -1.96. The Morgan fingerprint density at radius 2 is 2.08 bits per heavy atom. The summed E-state index contributed by atoms with van der Waals surface area (Å²) in [6.07, 6.45) is 6.18. The number of H-pyrrole nitrogens is 1. The molecule has 2 fully saturated rings. The van der Waals surface area contributed by atoms with Gasteiger partial charge in [-0.3, -0.25) is 4.57 Å². The molecule has 4 heterocycles. The second kappa shape index (κ2) is 11.4. The van der Waals surface area contributed by atoms with Crippen molar-refractivity contribution in [1.82, 2.24) is 40.4 Å². The van der Waals surface area contributed by atoms with Gasteiger partial charge in [0.1, 0.15) is 12.4 Å². The molecule has 2 aliphatic rings. The lowest BCUT2D eigenvalue weighted by Gasteiger charge is -2.32. The molecule has 1 aliphatic heterocycles. The lowest BCUT2D eigenvalue weighted by Crippen LogP contribution is -2.43. The van der Waals surface area contributed by atoms with Crippen LogP contribution in [0.25, 0.3) is 11.0 Å². The van der Waals surface area contributed by atoms with E-state index in [1.165, 1.54) is 12.8 Å². The third-order valence-corrected chi connectivity index (χ3v) is 8.37. The van der Waals surface area contributed by atoms with Gasteiger partial charge in [0.05, 0.1) is 37.5 Å². The molecule has 0 bridgehead atoms. The molecular formula is C20H29ClN9O7P. The lowest BCUT2D eigenvalue weighted by atomic mass is 10.2. The predicted molar refractivity (Wildman–Crippen MR) is 131 cm³/mol. The van der Waals surface area contributed by atoms with Crippen molar-refractivity contribution in [2.24, 2.45) is 0 Å². The zero-order valence-electron chi connectivity index (χ0n) is 20.3. The van der Waals surface area contributed by atoms with Crippen molar-refractivity contribution in [3.05, 3.63) is 17.3 Å². The smallest absolute Gasteiger partial charge is 0.361 e. The van der Waals surface area contributed by atoms with Crippen LogP contribution in [0.3, 0.4) is 0 Å². The van der Waals surface area contributed by atoms with Gasteiger partial charge in [-0.2, -0.15) is 20.3 Å². The summed E-state index contributed by atoms with van der Waals surface area (Å²) in [5, 5.41) is 29.4. The van der Waals surface area contributed by atoms with Gasteiger partial charge >= 0.3 is 7.60 Å². The normalized spacial score (nSPS) is 22.3. The molecule has 0 radical (unpaired) electrons. The Bertz CT molecular complexity index is 1270. The van der Waals surface area contributed by atoms with Gasteiger partial charge in [-0.1, -0.05) is 18.1 Å². The SMILES string of the molecule is O=P(O)(O)C(CO)(COCc1nn[nH]n1)OC[C@@H]1CC[C@H](n2ncc3c(NC4CCCC4)nc(Cl)nc32)O1. The number of hydrogen-bond donors (Lipinski definition) is 5. The summed E-state index contributed by atoms with van der Waals surface area (Å²) in [7, 11) is -4.96. The first kappa shape index (κ1) is 27.3. The zero-order chi connectivity index (χ0) is 26.8. The first-order valence-corrected chi connectivity index (χ1v) is 14.2. The quantitative estimate of drug-likeness (QED) is 0.152. The summed E-state index contributed by atoms with van der Waals surface area (Å²) in [5.74, 6) is 0.813. The van der Waals surface area contributed by atoms with E-state index in [1.54, 1.807) is 10.9 Å². The summed E-state index contributed by atoms with van der Waals surface area (Å²) in [4.78, 5) is 28.6. The molecule has 1 aliphatic carbocycles. The highest BCUT2D eigenvalue weighted by Gasteiger charge is 2.49. The molecule has 3 atom stereocenters. The van der Waals surface area contributed by atoms with Crippen molar-refractivity contribution in [1.29, 1.82) is 0 Å². The number of aliphatic hydroxyl groups excluding tert-OH is 1. The summed E-state index contributed by atoms with van der Waals surface area (Å²) in [6, 6.07) is 0.328. The maximum absolute atomic E-state index is 12.3. The average molecular weight is 574 g/mol. The van der Waals surface area contributed by atoms with E-state index < -0.39 is 38.5 Å². The van der Waals surface area contributed by atoms with Crippen LogP contribution in [0.5, 0.6) is 0 Å². The van der Waals surface area contributed by atoms with Gasteiger partial charge in [0, 0.05) is 6.04 Å². The molecule has 16 nitrogen and oxygen atoms in total. The molecule has 1 saturated heterocycles. The highest BCUT2D eigenvalue weighted by molar-refractivity contribution is 7.53. The molecule has 1 saturated carbocycles. The molecule has 0 aromatic carbocycles. The van der Waals surface area contributed by atoms with E-state index in [-0.39, 0.29) is 24.3 Å². The Balaban J connectivity index is 1.24. The van der Waals surface area contributed by atoms with E-state index in [0.29, 0.717) is 30.3 Å². The van der Waals surface area contributed by atoms with Gasteiger partial charge in [0.25, 0.3) is 0 Å². The number of anilines is 1. The predicted octanol–water partition coefficient (Wildman–Crippen LogP) is 1.12. The first-order valence-electron chi connectivity index (χ1n) is 12.2. The van der Waals surface area contributed by atoms with E-state index in [9.17, 15) is 19.5 Å². The number of aromatic amines is 1. The van der Waals surface area contributed by atoms with Crippen LogP contribution < -0.4 is 5.32 Å². The van der Waals surface area contributed by atoms with E-state index in [4.69, 9.17) is 25.8 Å². The van der Waals surface area contributed by atoms with Crippen LogP contribution in [0.15, 0.2) is 6.20 Å². The Hall–Kier alpha value is -2.30. The number of hydrogen-bond acceptors (Lipinski definition) is 12. The number of nitrogens with zero attached hydrogens (tertiary/aromatic N) is 7. The first-order chi connectivity index (χ1) is 18.3. The molecule has 5 N–H and O–H groups in total. The molecule has 0 spiro atoms. The standard InChI is InChI=1S/C20H29ClN9O7P/c21-19-24-17(23-12-3-1-2-4-12)14-7-22-30(18(14)25-19)16-6-5-13(37-16)8-36-20(10-31,38(32,33)34)11-35-9-15-26-28-29-27-15/h7,12-13,16,31H,1-6,8-11H2,(H,23,24,25)(H2,32,33,34)(H,26,27,28,29)/t13-,16+,20?/m0/s1. The number of tetrazole rings is 1. The molecule has 0 amide bonds. The summed E-state index contributed by atoms with van der Waals surface area (Å²) < 4.78 is 30.9. The number of rotatable bonds is 12. The monoisotopic (exact) mass is 573 g/mol. The number of aliphatic hydroxyl groups is 1. The molecule has 3 aromatic rings. The molecule has 18 heteroatoms. The number of ether oxygens (including phenoxy) is 3. The Labute approximate surface area is 221 Å². The Morgan fingerprint density at radius 1 is 1.26 bits per heavy atom. The van der Waals surface area contributed by atoms with E-state index >= 15 is 0 Å². The fourth-order valence-electron chi connectivity index (χ4n) is 4.66. The van der Waals surface area contributed by atoms with Crippen molar-refractivity contribution in [2.45, 2.75) is 68.8 Å². The van der Waals surface area contributed by atoms with Crippen LogP contribution >= 0.6 is 19.2 Å². The molecule has 3 aromatic heterocycles. The largest absolute Gasteiger partial charge is 0.393 e. The lowest BCUT2D eigenvalue weighted by molar-refractivity contribution is -0.121. The topological polar surface area (TPSA) is 216 Å². The van der Waals surface area contributed by atoms with Gasteiger partial charge in [-0.25, -0.2) is 4.68 Å². The highest BCUT2D eigenvalue weighted by atomic mass is 35.5. The Kier molecular flexibility index (Phi) is 8.21. The van der Waals surface area contributed by atoms with Gasteiger partial charge in [0.15, 0.2) is 17.7 Å². The molecular weight excluding hydrogens is 545 g/mol. The fraction of sp³-hybridized carbons (Fsp3) is 0.700. The van der Waals surface area contributed by atoms with E-state index in [0.717, 1.165) is 18.2 Å². The zero-order valence-corrected chi connectivity index (χ0v) is 22.0. The van der Waals surface area contributed by atoms with Crippen LogP contribution in [-0.2, 0) is 25.4 Å². The minimum Gasteiger partial charge on any atom is -0.393 e. The van der Waals surface area contributed by atoms with Crippen molar-refractivity contribution in [2.75, 3.05) is 25.1 Å². The molecule has 5 rings (SSSR count). The molecule has 38 heavy (non-hydrogen) atoms. The second-order valence-corrected chi connectivity index (χ2v) is 11.6. The number of nitrogens with one attached hydrogen (secondary N) is 2. The van der Waals surface area contributed by atoms with Crippen LogP contribution in [0.4, 0.5) is 5.82 Å². The van der Waals surface area contributed by atoms with E-state index in [2.05, 4.69) is 41.0 Å². The van der Waals surface area contributed by atoms with Gasteiger partial charge in [-0.05, 0) is 37.3 Å². The van der Waals surface area contributed by atoms with Gasteiger partial charge in [0.2, 0.25) is 10.6 Å². The third-order valence-electron chi connectivity index (χ3n) is 6.74. The van der Waals surface area contributed by atoms with Crippen molar-refractivity contribution in [3.63, 3.8) is 0 Å². The maximum atomic E-state index is 12.3. The minimum atomic E-state index is -4.96. The van der Waals surface area contributed by atoms with Crippen LogP contribution in [0.2, 0.25) is 5.28 Å². The highest BCUT2D eigenvalue weighted by Crippen LogP contribution is 2.51. The fourth-order valence-corrected chi connectivity index (χ4v) is 5.51. The van der Waals surface area contributed by atoms with Crippen molar-refractivity contribution in [3.8, 4) is 0 Å². The van der Waals surface area contributed by atoms with Crippen molar-refractivity contribution >= 4 is 36.0 Å². The number of aromatic nitrogens is 8.